The Labute approximate surface area is 213 Å². The van der Waals surface area contributed by atoms with E-state index in [1.54, 1.807) is 30.3 Å². The summed E-state index contributed by atoms with van der Waals surface area (Å²) in [6, 6.07) is 15.8. The SMILES string of the molecule is CC=CCCc1ccc(-c2ccc(-c3ccc(C4CCC(CCCC)OC4)c(F)c3)cc2)c(F)c1F. The largest absolute Gasteiger partial charge is 0.378 e. The van der Waals surface area contributed by atoms with Gasteiger partial charge in [0.2, 0.25) is 0 Å². The van der Waals surface area contributed by atoms with Crippen molar-refractivity contribution in [3.8, 4) is 22.3 Å². The lowest BCUT2D eigenvalue weighted by molar-refractivity contribution is -0.00249. The molecule has 1 fully saturated rings. The summed E-state index contributed by atoms with van der Waals surface area (Å²) in [7, 11) is 0. The van der Waals surface area contributed by atoms with Crippen molar-refractivity contribution in [2.45, 2.75) is 70.8 Å². The van der Waals surface area contributed by atoms with Crippen LogP contribution in [-0.2, 0) is 11.2 Å². The summed E-state index contributed by atoms with van der Waals surface area (Å²) in [5.74, 6) is -1.76. The Hall–Kier alpha value is -2.85. The third kappa shape index (κ3) is 6.10. The second-order valence-corrected chi connectivity index (χ2v) is 9.69. The van der Waals surface area contributed by atoms with E-state index in [2.05, 4.69) is 6.92 Å². The molecule has 4 heteroatoms. The zero-order chi connectivity index (χ0) is 25.5. The highest BCUT2D eigenvalue weighted by molar-refractivity contribution is 5.71. The Balaban J connectivity index is 1.46. The molecule has 0 radical (unpaired) electrons. The van der Waals surface area contributed by atoms with Crippen LogP contribution in [0.25, 0.3) is 22.3 Å². The fourth-order valence-corrected chi connectivity index (χ4v) is 5.00. The van der Waals surface area contributed by atoms with E-state index in [0.29, 0.717) is 42.2 Å². The van der Waals surface area contributed by atoms with E-state index in [-0.39, 0.29) is 17.3 Å². The first-order valence-corrected chi connectivity index (χ1v) is 13.1. The van der Waals surface area contributed by atoms with Gasteiger partial charge in [-0.15, -0.1) is 0 Å². The minimum atomic E-state index is -0.831. The zero-order valence-corrected chi connectivity index (χ0v) is 21.2. The van der Waals surface area contributed by atoms with Gasteiger partial charge in [0.15, 0.2) is 11.6 Å². The number of halogens is 3. The van der Waals surface area contributed by atoms with Crippen LogP contribution in [0, 0.1) is 17.5 Å². The maximum atomic E-state index is 15.1. The standard InChI is InChI=1S/C32H35F3O/c1-3-5-7-8-24-15-19-29(32(35)31(24)34)23-12-10-22(11-13-23)25-16-18-28(30(33)20-25)26-14-17-27(36-21-26)9-6-4-2/h3,5,10-13,15-16,18-20,26-27H,4,6-9,14,17,21H2,1-2H3. The van der Waals surface area contributed by atoms with Crippen LogP contribution >= 0.6 is 0 Å². The highest BCUT2D eigenvalue weighted by atomic mass is 19.2. The van der Waals surface area contributed by atoms with Crippen molar-refractivity contribution in [2.75, 3.05) is 6.61 Å². The lowest BCUT2D eigenvalue weighted by Gasteiger charge is -2.29. The lowest BCUT2D eigenvalue weighted by Crippen LogP contribution is -2.25. The molecular formula is C32H35F3O. The van der Waals surface area contributed by atoms with Crippen molar-refractivity contribution in [1.82, 2.24) is 0 Å². The predicted octanol–water partition coefficient (Wildman–Crippen LogP) is 9.40. The smallest absolute Gasteiger partial charge is 0.166 e. The van der Waals surface area contributed by atoms with Gasteiger partial charge in [0.25, 0.3) is 0 Å². The molecule has 1 saturated heterocycles. The molecule has 0 saturated carbocycles. The van der Waals surface area contributed by atoms with Gasteiger partial charge in [0, 0.05) is 11.5 Å². The molecule has 0 aromatic heterocycles. The molecule has 1 aliphatic rings. The molecule has 0 spiro atoms. The van der Waals surface area contributed by atoms with Crippen molar-refractivity contribution in [2.24, 2.45) is 0 Å². The quantitative estimate of drug-likeness (QED) is 0.270. The lowest BCUT2D eigenvalue weighted by atomic mass is 9.88. The van der Waals surface area contributed by atoms with E-state index in [4.69, 9.17) is 4.74 Å². The van der Waals surface area contributed by atoms with Crippen LogP contribution in [0.4, 0.5) is 13.2 Å². The van der Waals surface area contributed by atoms with Gasteiger partial charge in [0.1, 0.15) is 5.82 Å². The topological polar surface area (TPSA) is 9.23 Å². The Morgan fingerprint density at radius 1 is 0.889 bits per heavy atom. The maximum absolute atomic E-state index is 15.1. The normalized spacial score (nSPS) is 18.1. The van der Waals surface area contributed by atoms with Crippen LogP contribution in [0.1, 0.15) is 69.4 Å². The fraction of sp³-hybridized carbons (Fsp3) is 0.375. The number of benzene rings is 3. The predicted molar refractivity (Wildman–Crippen MR) is 142 cm³/mol. The van der Waals surface area contributed by atoms with E-state index < -0.39 is 11.6 Å². The first kappa shape index (κ1) is 26.2. The van der Waals surface area contributed by atoms with Crippen LogP contribution in [0.3, 0.4) is 0 Å². The average Bonchev–Trinajstić information content (AvgIpc) is 2.90. The molecule has 3 aromatic carbocycles. The summed E-state index contributed by atoms with van der Waals surface area (Å²) in [5, 5.41) is 0. The molecular weight excluding hydrogens is 457 g/mol. The molecule has 0 bridgehead atoms. The van der Waals surface area contributed by atoms with Gasteiger partial charge in [0.05, 0.1) is 12.7 Å². The van der Waals surface area contributed by atoms with Crippen LogP contribution < -0.4 is 0 Å². The van der Waals surface area contributed by atoms with Crippen molar-refractivity contribution in [3.05, 3.63) is 95.3 Å². The van der Waals surface area contributed by atoms with Crippen molar-refractivity contribution < 1.29 is 17.9 Å². The zero-order valence-electron chi connectivity index (χ0n) is 21.2. The second kappa shape index (κ2) is 12.4. The molecule has 4 rings (SSSR count). The monoisotopic (exact) mass is 492 g/mol. The summed E-state index contributed by atoms with van der Waals surface area (Å²) in [6.45, 7) is 4.65. The number of hydrogen-bond donors (Lipinski definition) is 0. The second-order valence-electron chi connectivity index (χ2n) is 9.69. The minimum absolute atomic E-state index is 0.0816. The molecule has 0 N–H and O–H groups in total. The van der Waals surface area contributed by atoms with Gasteiger partial charge in [-0.25, -0.2) is 13.2 Å². The van der Waals surface area contributed by atoms with Gasteiger partial charge in [-0.3, -0.25) is 0 Å². The van der Waals surface area contributed by atoms with Crippen LogP contribution in [-0.4, -0.2) is 12.7 Å². The van der Waals surface area contributed by atoms with E-state index in [9.17, 15) is 8.78 Å². The Morgan fingerprint density at radius 3 is 2.31 bits per heavy atom. The van der Waals surface area contributed by atoms with E-state index in [1.165, 1.54) is 6.42 Å². The van der Waals surface area contributed by atoms with Crippen LogP contribution in [0.5, 0.6) is 0 Å². The summed E-state index contributed by atoms with van der Waals surface area (Å²) >= 11 is 0. The highest BCUT2D eigenvalue weighted by Gasteiger charge is 2.25. The molecule has 1 heterocycles. The minimum Gasteiger partial charge on any atom is -0.378 e. The van der Waals surface area contributed by atoms with Gasteiger partial charge in [-0.05, 0) is 72.9 Å². The molecule has 2 unspecified atom stereocenters. The number of aryl methyl sites for hydroxylation is 1. The summed E-state index contributed by atoms with van der Waals surface area (Å²) < 4.78 is 50.4. The average molecular weight is 493 g/mol. The Bertz CT molecular complexity index is 1170. The first-order valence-electron chi connectivity index (χ1n) is 13.1. The van der Waals surface area contributed by atoms with E-state index in [0.717, 1.165) is 36.8 Å². The molecule has 0 amide bonds. The first-order chi connectivity index (χ1) is 17.5. The Morgan fingerprint density at radius 2 is 1.64 bits per heavy atom. The maximum Gasteiger partial charge on any atom is 0.166 e. The van der Waals surface area contributed by atoms with E-state index >= 15 is 4.39 Å². The molecule has 0 aliphatic carbocycles. The van der Waals surface area contributed by atoms with Gasteiger partial charge < -0.3 is 4.74 Å². The number of ether oxygens (including phenoxy) is 1. The molecule has 1 nitrogen and oxygen atoms in total. The summed E-state index contributed by atoms with van der Waals surface area (Å²) in [4.78, 5) is 0. The third-order valence-electron chi connectivity index (χ3n) is 7.20. The number of allylic oxidation sites excluding steroid dienone is 2. The van der Waals surface area contributed by atoms with Crippen molar-refractivity contribution >= 4 is 0 Å². The molecule has 3 aromatic rings. The molecule has 1 aliphatic heterocycles. The number of unbranched alkanes of at least 4 members (excludes halogenated alkanes) is 1. The van der Waals surface area contributed by atoms with Crippen molar-refractivity contribution in [1.29, 1.82) is 0 Å². The highest BCUT2D eigenvalue weighted by Crippen LogP contribution is 2.34. The van der Waals surface area contributed by atoms with Crippen LogP contribution in [0.15, 0.2) is 66.7 Å². The van der Waals surface area contributed by atoms with Gasteiger partial charge in [-0.2, -0.15) is 0 Å². The van der Waals surface area contributed by atoms with Crippen molar-refractivity contribution in [3.63, 3.8) is 0 Å². The van der Waals surface area contributed by atoms with E-state index in [1.807, 2.05) is 43.3 Å². The fourth-order valence-electron chi connectivity index (χ4n) is 5.00. The van der Waals surface area contributed by atoms with Crippen LogP contribution in [0.2, 0.25) is 0 Å². The van der Waals surface area contributed by atoms with Gasteiger partial charge in [-0.1, -0.05) is 80.4 Å². The molecule has 36 heavy (non-hydrogen) atoms. The molecule has 2 atom stereocenters. The molecule has 190 valence electrons. The van der Waals surface area contributed by atoms with Gasteiger partial charge >= 0.3 is 0 Å². The number of hydrogen-bond acceptors (Lipinski definition) is 1. The summed E-state index contributed by atoms with van der Waals surface area (Å²) in [5.41, 5.74) is 3.48. The number of rotatable bonds is 9. The Kier molecular flexibility index (Phi) is 9.03. The summed E-state index contributed by atoms with van der Waals surface area (Å²) in [6.07, 6.45) is 10.6. The third-order valence-corrected chi connectivity index (χ3v) is 7.20.